The maximum absolute atomic E-state index is 12.1. The maximum atomic E-state index is 12.1. The topological polar surface area (TPSA) is 82.2 Å². The molecule has 0 aliphatic carbocycles. The van der Waals surface area contributed by atoms with Gasteiger partial charge in [-0.2, -0.15) is 13.2 Å². The zero-order valence-electron chi connectivity index (χ0n) is 11.0. The number of carbonyl (C=O) groups is 1. The van der Waals surface area contributed by atoms with E-state index in [1.54, 1.807) is 37.4 Å². The molecular weight excluding hydrogens is 273 g/mol. The van der Waals surface area contributed by atoms with E-state index in [0.29, 0.717) is 16.8 Å². The highest BCUT2D eigenvalue weighted by Gasteiger charge is 2.30. The van der Waals surface area contributed by atoms with Crippen LogP contribution in [0.3, 0.4) is 0 Å². The number of rotatable bonds is 2. The molecule has 20 heavy (non-hydrogen) atoms. The standard InChI is InChI=1S/C12H15F3N4O/c1-7-4-3-5-8(2)9(7)19(10(16)17)11(20)18-6-12(13,14)15/h3-5H,6H2,1-2H3,(H3,16,17)(H,18,20). The predicted octanol–water partition coefficient (Wildman–Crippen LogP) is 2.28. The molecule has 0 saturated heterocycles. The average Bonchev–Trinajstić information content (AvgIpc) is 2.29. The van der Waals surface area contributed by atoms with Crippen molar-refractivity contribution in [2.45, 2.75) is 20.0 Å². The van der Waals surface area contributed by atoms with E-state index in [1.807, 2.05) is 0 Å². The van der Waals surface area contributed by atoms with Crippen LogP contribution in [0, 0.1) is 19.3 Å². The lowest BCUT2D eigenvalue weighted by molar-refractivity contribution is -0.122. The molecule has 0 atom stereocenters. The third-order valence-corrected chi connectivity index (χ3v) is 2.55. The summed E-state index contributed by atoms with van der Waals surface area (Å²) in [5.41, 5.74) is 6.87. The van der Waals surface area contributed by atoms with Gasteiger partial charge in [-0.25, -0.2) is 9.69 Å². The van der Waals surface area contributed by atoms with E-state index in [1.165, 1.54) is 0 Å². The molecule has 110 valence electrons. The third kappa shape index (κ3) is 3.87. The molecule has 0 heterocycles. The molecule has 5 nitrogen and oxygen atoms in total. The fourth-order valence-electron chi connectivity index (χ4n) is 1.74. The molecule has 0 unspecified atom stereocenters. The van der Waals surface area contributed by atoms with Gasteiger partial charge in [0.25, 0.3) is 0 Å². The van der Waals surface area contributed by atoms with Gasteiger partial charge in [0.05, 0.1) is 5.69 Å². The second-order valence-corrected chi connectivity index (χ2v) is 4.23. The van der Waals surface area contributed by atoms with Crippen LogP contribution in [0.4, 0.5) is 23.7 Å². The Hall–Kier alpha value is -2.25. The molecule has 1 aromatic rings. The Labute approximate surface area is 114 Å². The molecule has 1 rings (SSSR count). The summed E-state index contributed by atoms with van der Waals surface area (Å²) < 4.78 is 36.4. The first-order valence-corrected chi connectivity index (χ1v) is 5.68. The number of nitrogens with two attached hydrogens (primary N) is 1. The second kappa shape index (κ2) is 5.81. The SMILES string of the molecule is Cc1cccc(C)c1N(C(=N)N)C(=O)NCC(F)(F)F. The predicted molar refractivity (Wildman–Crippen MR) is 69.8 cm³/mol. The van der Waals surface area contributed by atoms with Crippen LogP contribution in [-0.2, 0) is 0 Å². The van der Waals surface area contributed by atoms with Crippen molar-refractivity contribution in [3.63, 3.8) is 0 Å². The minimum atomic E-state index is -4.53. The Kier molecular flexibility index (Phi) is 4.59. The van der Waals surface area contributed by atoms with Crippen LogP contribution < -0.4 is 16.0 Å². The van der Waals surface area contributed by atoms with Gasteiger partial charge in [-0.3, -0.25) is 5.41 Å². The highest BCUT2D eigenvalue weighted by atomic mass is 19.4. The third-order valence-electron chi connectivity index (χ3n) is 2.55. The lowest BCUT2D eigenvalue weighted by atomic mass is 10.1. The summed E-state index contributed by atoms with van der Waals surface area (Å²) in [6.07, 6.45) is -4.53. The smallest absolute Gasteiger partial charge is 0.369 e. The number of hydrogen-bond donors (Lipinski definition) is 3. The Morgan fingerprint density at radius 1 is 1.35 bits per heavy atom. The van der Waals surface area contributed by atoms with Gasteiger partial charge in [0, 0.05) is 0 Å². The van der Waals surface area contributed by atoms with Gasteiger partial charge >= 0.3 is 12.2 Å². The number of anilines is 1. The summed E-state index contributed by atoms with van der Waals surface area (Å²) in [6, 6.07) is 4.00. The van der Waals surface area contributed by atoms with Gasteiger partial charge in [-0.15, -0.1) is 0 Å². The lowest BCUT2D eigenvalue weighted by Gasteiger charge is -2.25. The fourth-order valence-corrected chi connectivity index (χ4v) is 1.74. The molecule has 0 aromatic heterocycles. The first kappa shape index (κ1) is 15.8. The van der Waals surface area contributed by atoms with Crippen LogP contribution in [0.2, 0.25) is 0 Å². The highest BCUT2D eigenvalue weighted by molar-refractivity contribution is 6.14. The quantitative estimate of drug-likeness (QED) is 0.576. The van der Waals surface area contributed by atoms with E-state index in [9.17, 15) is 18.0 Å². The van der Waals surface area contributed by atoms with Crippen molar-refractivity contribution in [1.29, 1.82) is 5.41 Å². The maximum Gasteiger partial charge on any atom is 0.405 e. The Morgan fingerprint density at radius 2 is 1.85 bits per heavy atom. The Bertz CT molecular complexity index is 508. The number of amides is 2. The minimum Gasteiger partial charge on any atom is -0.369 e. The number of para-hydroxylation sites is 1. The van der Waals surface area contributed by atoms with Crippen LogP contribution >= 0.6 is 0 Å². The summed E-state index contributed by atoms with van der Waals surface area (Å²) in [5, 5.41) is 9.11. The van der Waals surface area contributed by atoms with E-state index in [2.05, 4.69) is 0 Å². The van der Waals surface area contributed by atoms with Crippen LogP contribution in [-0.4, -0.2) is 24.7 Å². The van der Waals surface area contributed by atoms with Crippen molar-refractivity contribution in [3.05, 3.63) is 29.3 Å². The molecule has 0 radical (unpaired) electrons. The van der Waals surface area contributed by atoms with Crippen LogP contribution in [0.15, 0.2) is 18.2 Å². The summed E-state index contributed by atoms with van der Waals surface area (Å²) >= 11 is 0. The zero-order chi connectivity index (χ0) is 15.5. The van der Waals surface area contributed by atoms with E-state index in [-0.39, 0.29) is 0 Å². The normalized spacial score (nSPS) is 11.1. The molecule has 0 saturated carbocycles. The molecule has 0 fully saturated rings. The molecule has 0 aliphatic heterocycles. The largest absolute Gasteiger partial charge is 0.405 e. The van der Waals surface area contributed by atoms with Gasteiger partial charge < -0.3 is 11.1 Å². The van der Waals surface area contributed by atoms with Crippen LogP contribution in [0.5, 0.6) is 0 Å². The monoisotopic (exact) mass is 288 g/mol. The molecule has 4 N–H and O–H groups in total. The van der Waals surface area contributed by atoms with Crippen molar-refractivity contribution >= 4 is 17.7 Å². The minimum absolute atomic E-state index is 0.305. The Balaban J connectivity index is 3.07. The van der Waals surface area contributed by atoms with Crippen molar-refractivity contribution in [3.8, 4) is 0 Å². The molecule has 0 aliphatic rings. The van der Waals surface area contributed by atoms with Crippen molar-refractivity contribution in [1.82, 2.24) is 5.32 Å². The molecule has 2 amide bonds. The number of hydrogen-bond acceptors (Lipinski definition) is 2. The summed E-state index contributed by atoms with van der Waals surface area (Å²) in [6.45, 7) is 1.87. The number of benzene rings is 1. The highest BCUT2D eigenvalue weighted by Crippen LogP contribution is 2.24. The van der Waals surface area contributed by atoms with E-state index in [4.69, 9.17) is 11.1 Å². The van der Waals surface area contributed by atoms with Gasteiger partial charge in [0.15, 0.2) is 0 Å². The van der Waals surface area contributed by atoms with E-state index in [0.717, 1.165) is 4.90 Å². The van der Waals surface area contributed by atoms with Gasteiger partial charge in [0.1, 0.15) is 6.54 Å². The lowest BCUT2D eigenvalue weighted by Crippen LogP contribution is -2.49. The molecule has 1 aromatic carbocycles. The number of alkyl halides is 3. The fraction of sp³-hybridized carbons (Fsp3) is 0.333. The zero-order valence-corrected chi connectivity index (χ0v) is 11.0. The number of urea groups is 1. The number of carbonyl (C=O) groups excluding carboxylic acids is 1. The van der Waals surface area contributed by atoms with Crippen LogP contribution in [0.1, 0.15) is 11.1 Å². The van der Waals surface area contributed by atoms with E-state index < -0.39 is 24.7 Å². The summed E-state index contributed by atoms with van der Waals surface area (Å²) in [7, 11) is 0. The van der Waals surface area contributed by atoms with E-state index >= 15 is 0 Å². The van der Waals surface area contributed by atoms with Gasteiger partial charge in [-0.05, 0) is 25.0 Å². The summed E-state index contributed by atoms with van der Waals surface area (Å²) in [4.78, 5) is 12.5. The molecule has 8 heteroatoms. The van der Waals surface area contributed by atoms with Crippen molar-refractivity contribution < 1.29 is 18.0 Å². The average molecular weight is 288 g/mol. The molecule has 0 bridgehead atoms. The summed E-state index contributed by atoms with van der Waals surface area (Å²) in [5.74, 6) is -0.651. The first-order valence-electron chi connectivity index (χ1n) is 5.68. The number of nitrogens with zero attached hydrogens (tertiary/aromatic N) is 1. The second-order valence-electron chi connectivity index (χ2n) is 4.23. The van der Waals surface area contributed by atoms with Crippen molar-refractivity contribution in [2.75, 3.05) is 11.4 Å². The van der Waals surface area contributed by atoms with Crippen LogP contribution in [0.25, 0.3) is 0 Å². The molecular formula is C12H15F3N4O. The van der Waals surface area contributed by atoms with Gasteiger partial charge in [0.2, 0.25) is 5.96 Å². The first-order chi connectivity index (χ1) is 9.13. The molecule has 0 spiro atoms. The number of guanidine groups is 1. The number of halogens is 3. The van der Waals surface area contributed by atoms with Gasteiger partial charge in [-0.1, -0.05) is 18.2 Å². The number of aryl methyl sites for hydroxylation is 2. The number of nitrogens with one attached hydrogen (secondary N) is 2. The van der Waals surface area contributed by atoms with Crippen molar-refractivity contribution in [2.24, 2.45) is 5.73 Å². The Morgan fingerprint density at radius 3 is 2.25 bits per heavy atom.